The van der Waals surface area contributed by atoms with Crippen LogP contribution in [0.1, 0.15) is 20.3 Å². The van der Waals surface area contributed by atoms with Gasteiger partial charge in [-0.05, 0) is 46.7 Å². The van der Waals surface area contributed by atoms with Crippen LogP contribution in [0.25, 0.3) is 5.69 Å². The quantitative estimate of drug-likeness (QED) is 0.656. The van der Waals surface area contributed by atoms with E-state index in [1.807, 2.05) is 44.2 Å². The fraction of sp³-hybridized carbons (Fsp3) is 0.600. The minimum absolute atomic E-state index is 0.000463. The Kier molecular flexibility index (Phi) is 5.51. The topological polar surface area (TPSA) is 122 Å². The van der Waals surface area contributed by atoms with Gasteiger partial charge in [-0.25, -0.2) is 0 Å². The van der Waals surface area contributed by atoms with Crippen LogP contribution in [0.5, 0.6) is 0 Å². The number of aromatic nitrogens is 4. The Morgan fingerprint density at radius 1 is 1.28 bits per heavy atom. The summed E-state index contributed by atoms with van der Waals surface area (Å²) in [7, 11) is 0. The molecule has 9 heteroatoms. The fourth-order valence-corrected chi connectivity index (χ4v) is 4.93. The van der Waals surface area contributed by atoms with Crippen molar-refractivity contribution in [3.63, 3.8) is 0 Å². The number of para-hydroxylation sites is 1. The first-order valence-electron chi connectivity index (χ1n) is 10.3. The number of tetrazole rings is 1. The molecule has 1 aliphatic heterocycles. The molecule has 1 saturated carbocycles. The van der Waals surface area contributed by atoms with Crippen LogP contribution in [-0.2, 0) is 4.79 Å². The Morgan fingerprint density at radius 2 is 2.00 bits per heavy atom. The summed E-state index contributed by atoms with van der Waals surface area (Å²) in [5.41, 5.74) is 7.29. The highest BCUT2D eigenvalue weighted by Crippen LogP contribution is 2.43. The average Bonchev–Trinajstić information content (AvgIpc) is 3.38. The molecule has 1 aromatic heterocycles. The Hall–Kier alpha value is -2.52. The van der Waals surface area contributed by atoms with Gasteiger partial charge >= 0.3 is 0 Å². The molecule has 2 heterocycles. The first kappa shape index (κ1) is 19.8. The molecule has 0 radical (unpaired) electrons. The van der Waals surface area contributed by atoms with Gasteiger partial charge in [0, 0.05) is 31.6 Å². The number of nitrogens with two attached hydrogens (primary N) is 1. The van der Waals surface area contributed by atoms with Crippen LogP contribution in [0.4, 0.5) is 5.95 Å². The van der Waals surface area contributed by atoms with Crippen LogP contribution >= 0.6 is 0 Å². The molecule has 0 spiro atoms. The Labute approximate surface area is 170 Å². The molecule has 6 atom stereocenters. The van der Waals surface area contributed by atoms with Crippen molar-refractivity contribution < 1.29 is 9.90 Å². The van der Waals surface area contributed by atoms with Gasteiger partial charge in [-0.3, -0.25) is 4.79 Å². The van der Waals surface area contributed by atoms with Crippen molar-refractivity contribution in [2.75, 3.05) is 24.5 Å². The highest BCUT2D eigenvalue weighted by Gasteiger charge is 2.53. The van der Waals surface area contributed by atoms with E-state index in [1.54, 1.807) is 4.68 Å². The lowest BCUT2D eigenvalue weighted by atomic mass is 9.64. The van der Waals surface area contributed by atoms with Crippen LogP contribution in [0.2, 0.25) is 0 Å². The second-order valence-electron chi connectivity index (χ2n) is 8.20. The summed E-state index contributed by atoms with van der Waals surface area (Å²) in [5, 5.41) is 26.0. The van der Waals surface area contributed by atoms with Crippen LogP contribution in [0.15, 0.2) is 30.3 Å². The predicted molar refractivity (Wildman–Crippen MR) is 108 cm³/mol. The van der Waals surface area contributed by atoms with Crippen LogP contribution in [0, 0.1) is 23.7 Å². The van der Waals surface area contributed by atoms with Crippen molar-refractivity contribution in [3.8, 4) is 5.69 Å². The number of amides is 1. The molecular weight excluding hydrogens is 370 g/mol. The van der Waals surface area contributed by atoms with Crippen molar-refractivity contribution in [2.24, 2.45) is 29.4 Å². The van der Waals surface area contributed by atoms with Crippen molar-refractivity contribution in [2.45, 2.75) is 32.4 Å². The Morgan fingerprint density at radius 3 is 2.72 bits per heavy atom. The zero-order chi connectivity index (χ0) is 20.5. The van der Waals surface area contributed by atoms with Crippen molar-refractivity contribution in [1.29, 1.82) is 0 Å². The first-order valence-corrected chi connectivity index (χ1v) is 10.3. The van der Waals surface area contributed by atoms with Crippen LogP contribution in [-0.4, -0.2) is 63.0 Å². The van der Waals surface area contributed by atoms with Gasteiger partial charge in [0.05, 0.1) is 11.8 Å². The third-order valence-electron chi connectivity index (χ3n) is 6.46. The summed E-state index contributed by atoms with van der Waals surface area (Å²) in [5.74, 6) is 0.193. The highest BCUT2D eigenvalue weighted by molar-refractivity contribution is 5.79. The van der Waals surface area contributed by atoms with E-state index >= 15 is 0 Å². The fourth-order valence-electron chi connectivity index (χ4n) is 4.93. The van der Waals surface area contributed by atoms with E-state index in [-0.39, 0.29) is 35.6 Å². The normalized spacial score (nSPS) is 31.5. The van der Waals surface area contributed by atoms with Crippen molar-refractivity contribution in [1.82, 2.24) is 25.5 Å². The summed E-state index contributed by atoms with van der Waals surface area (Å²) in [6.07, 6.45) is 0.166. The van der Waals surface area contributed by atoms with E-state index in [9.17, 15) is 9.90 Å². The third-order valence-corrected chi connectivity index (χ3v) is 6.46. The molecule has 2 fully saturated rings. The zero-order valence-electron chi connectivity index (χ0n) is 16.8. The second-order valence-corrected chi connectivity index (χ2v) is 8.20. The van der Waals surface area contributed by atoms with E-state index < -0.39 is 6.10 Å². The number of nitrogens with one attached hydrogen (secondary N) is 1. The molecule has 4 rings (SSSR count). The van der Waals surface area contributed by atoms with Crippen LogP contribution in [0.3, 0.4) is 0 Å². The van der Waals surface area contributed by atoms with E-state index in [0.717, 1.165) is 12.1 Å². The lowest BCUT2D eigenvalue weighted by Gasteiger charge is -2.43. The second kappa shape index (κ2) is 8.08. The lowest BCUT2D eigenvalue weighted by Crippen LogP contribution is -2.58. The Balaban J connectivity index is 1.62. The van der Waals surface area contributed by atoms with Crippen LogP contribution < -0.4 is 16.0 Å². The largest absolute Gasteiger partial charge is 0.391 e. The maximum absolute atomic E-state index is 12.9. The van der Waals surface area contributed by atoms with Gasteiger partial charge in [-0.1, -0.05) is 37.1 Å². The van der Waals surface area contributed by atoms with E-state index in [0.29, 0.717) is 25.6 Å². The summed E-state index contributed by atoms with van der Waals surface area (Å²) < 4.78 is 1.70. The Bertz CT molecular complexity index is 842. The minimum atomic E-state index is -0.710. The summed E-state index contributed by atoms with van der Waals surface area (Å²) in [6.45, 7) is 5.83. The van der Waals surface area contributed by atoms with E-state index in [4.69, 9.17) is 5.73 Å². The van der Waals surface area contributed by atoms with Gasteiger partial charge in [-0.2, -0.15) is 4.68 Å². The smallest absolute Gasteiger partial charge is 0.250 e. The summed E-state index contributed by atoms with van der Waals surface area (Å²) in [6, 6.07) is 9.33. The molecule has 1 aliphatic carbocycles. The number of benzene rings is 1. The molecule has 4 N–H and O–H groups in total. The molecule has 1 aromatic carbocycles. The molecular formula is C20H29N7O2. The number of nitrogens with zero attached hydrogens (tertiary/aromatic N) is 5. The predicted octanol–water partition coefficient (Wildman–Crippen LogP) is 0.195. The molecule has 0 unspecified atom stereocenters. The number of hydrogen-bond acceptors (Lipinski definition) is 7. The molecule has 2 aromatic rings. The molecule has 1 saturated heterocycles. The number of aliphatic hydroxyl groups is 1. The summed E-state index contributed by atoms with van der Waals surface area (Å²) in [4.78, 5) is 15.0. The van der Waals surface area contributed by atoms with Gasteiger partial charge in [-0.15, -0.1) is 0 Å². The van der Waals surface area contributed by atoms with Gasteiger partial charge in [0.25, 0.3) is 0 Å². The van der Waals surface area contributed by atoms with Crippen molar-refractivity contribution >= 4 is 11.9 Å². The molecule has 0 bridgehead atoms. The van der Waals surface area contributed by atoms with Gasteiger partial charge < -0.3 is 21.1 Å². The minimum Gasteiger partial charge on any atom is -0.391 e. The third kappa shape index (κ3) is 3.49. The number of rotatable bonds is 5. The van der Waals surface area contributed by atoms with E-state index in [2.05, 4.69) is 25.7 Å². The molecule has 2 aliphatic rings. The molecule has 156 valence electrons. The van der Waals surface area contributed by atoms with Gasteiger partial charge in [0.2, 0.25) is 11.9 Å². The van der Waals surface area contributed by atoms with Gasteiger partial charge in [0.15, 0.2) is 0 Å². The molecule has 9 nitrogen and oxygen atoms in total. The highest BCUT2D eigenvalue weighted by atomic mass is 16.3. The van der Waals surface area contributed by atoms with Gasteiger partial charge in [0.1, 0.15) is 0 Å². The SMILES string of the molecule is CCCNC(=O)[C@H]1[C@@H](C)[C@H](O)[C@@H](N)[C@H]2CN(c3nnnn3-c3ccccc3)C[C@@H]21. The number of hydrogen-bond donors (Lipinski definition) is 3. The number of carbonyl (C=O) groups excluding carboxylic acids is 1. The zero-order valence-corrected chi connectivity index (χ0v) is 16.8. The number of fused-ring (bicyclic) bond motifs is 1. The van der Waals surface area contributed by atoms with E-state index in [1.165, 1.54) is 0 Å². The maximum Gasteiger partial charge on any atom is 0.250 e. The molecule has 1 amide bonds. The summed E-state index contributed by atoms with van der Waals surface area (Å²) >= 11 is 0. The number of carbonyl (C=O) groups is 1. The van der Waals surface area contributed by atoms with Crippen molar-refractivity contribution in [3.05, 3.63) is 30.3 Å². The maximum atomic E-state index is 12.9. The number of anilines is 1. The average molecular weight is 399 g/mol. The lowest BCUT2D eigenvalue weighted by molar-refractivity contribution is -0.135. The number of aliphatic hydroxyl groups excluding tert-OH is 1. The first-order chi connectivity index (χ1) is 14.0. The standard InChI is InChI=1S/C20H29N7O2/c1-3-9-22-19(29)16-12(2)18(28)17(21)15-11-26(10-14(15)16)20-23-24-25-27(20)13-7-5-4-6-8-13/h4-8,12,14-18,28H,3,9-11,21H2,1-2H3,(H,22,29)/t12-,14+,15+,16+,17+,18+/m1/s1. The molecule has 29 heavy (non-hydrogen) atoms. The monoisotopic (exact) mass is 399 g/mol.